The zero-order valence-electron chi connectivity index (χ0n) is 18.7. The van der Waals surface area contributed by atoms with Crippen LogP contribution in [0.2, 0.25) is 0 Å². The molecular formula is C23H23N3O6S2. The van der Waals surface area contributed by atoms with E-state index in [0.717, 1.165) is 27.5 Å². The van der Waals surface area contributed by atoms with Crippen molar-refractivity contribution in [2.75, 3.05) is 20.5 Å². The first-order valence-electron chi connectivity index (χ1n) is 9.86. The summed E-state index contributed by atoms with van der Waals surface area (Å²) in [6.07, 6.45) is 6.00. The molecule has 0 aliphatic rings. The van der Waals surface area contributed by atoms with Gasteiger partial charge in [-0.25, -0.2) is 9.97 Å². The number of rotatable bonds is 7. The number of methoxy groups -OCH3 is 2. The third kappa shape index (κ3) is 7.58. The minimum Gasteiger partial charge on any atom is -0.497 e. The summed E-state index contributed by atoms with van der Waals surface area (Å²) in [5, 5.41) is 0. The van der Waals surface area contributed by atoms with Crippen molar-refractivity contribution in [2.24, 2.45) is 0 Å². The fraction of sp³-hybridized carbons (Fsp3) is 0.174. The number of ether oxygens (including phenoxy) is 2. The molecule has 0 fully saturated rings. The van der Waals surface area contributed by atoms with E-state index in [-0.39, 0.29) is 0 Å². The highest BCUT2D eigenvalue weighted by Crippen LogP contribution is 2.35. The van der Waals surface area contributed by atoms with Crippen LogP contribution in [0.15, 0.2) is 76.4 Å². The number of aromatic nitrogens is 3. The predicted octanol–water partition coefficient (Wildman–Crippen LogP) is 4.61. The summed E-state index contributed by atoms with van der Waals surface area (Å²) in [6.45, 7) is 0. The third-order valence-corrected chi connectivity index (χ3v) is 5.25. The number of hydrogen-bond donors (Lipinski definition) is 1. The van der Waals surface area contributed by atoms with E-state index < -0.39 is 10.1 Å². The number of hydrogen-bond acceptors (Lipinski definition) is 9. The van der Waals surface area contributed by atoms with Gasteiger partial charge in [-0.1, -0.05) is 0 Å². The minimum absolute atomic E-state index is 0.553. The molecule has 0 radical (unpaired) electrons. The molecule has 0 atom stereocenters. The van der Waals surface area contributed by atoms with Crippen molar-refractivity contribution in [1.29, 1.82) is 0 Å². The highest BCUT2D eigenvalue weighted by molar-refractivity contribution is 7.98. The summed E-state index contributed by atoms with van der Waals surface area (Å²) in [5.41, 5.74) is 2.53. The van der Waals surface area contributed by atoms with E-state index in [4.69, 9.17) is 23.4 Å². The van der Waals surface area contributed by atoms with E-state index in [2.05, 4.69) is 9.97 Å². The van der Waals surface area contributed by atoms with Gasteiger partial charge in [-0.2, -0.15) is 8.42 Å². The molecule has 178 valence electrons. The van der Waals surface area contributed by atoms with E-state index in [1.807, 2.05) is 48.5 Å². The van der Waals surface area contributed by atoms with Gasteiger partial charge in [0.25, 0.3) is 10.1 Å². The van der Waals surface area contributed by atoms with Gasteiger partial charge in [0, 0.05) is 40.7 Å². The second kappa shape index (κ2) is 11.6. The third-order valence-electron chi connectivity index (χ3n) is 4.25. The van der Waals surface area contributed by atoms with Crippen molar-refractivity contribution in [3.8, 4) is 34.2 Å². The maximum Gasteiger partial charge on any atom is 0.261 e. The van der Waals surface area contributed by atoms with Gasteiger partial charge in [0.15, 0.2) is 5.76 Å². The number of pyridine rings is 2. The van der Waals surface area contributed by atoms with Crippen LogP contribution in [-0.4, -0.2) is 48.4 Å². The summed E-state index contributed by atoms with van der Waals surface area (Å²) in [4.78, 5) is 14.2. The summed E-state index contributed by atoms with van der Waals surface area (Å²) in [6, 6.07) is 15.4. The van der Waals surface area contributed by atoms with E-state index in [0.29, 0.717) is 29.5 Å². The molecule has 3 aromatic heterocycles. The predicted molar refractivity (Wildman–Crippen MR) is 130 cm³/mol. The summed E-state index contributed by atoms with van der Waals surface area (Å²) >= 11 is 1.65. The van der Waals surface area contributed by atoms with Gasteiger partial charge >= 0.3 is 0 Å². The van der Waals surface area contributed by atoms with Crippen LogP contribution in [-0.2, 0) is 15.9 Å². The molecule has 9 nitrogen and oxygen atoms in total. The molecule has 0 saturated heterocycles. The molecule has 0 aliphatic carbocycles. The largest absolute Gasteiger partial charge is 0.497 e. The minimum atomic E-state index is -3.67. The fourth-order valence-corrected chi connectivity index (χ4v) is 3.51. The lowest BCUT2D eigenvalue weighted by atomic mass is 10.1. The summed E-state index contributed by atoms with van der Waals surface area (Å²) in [5.74, 6) is 3.29. The molecular weight excluding hydrogens is 478 g/mol. The SMILES string of the molecule is COc1ccc(-c2oc(CSc3ccncc3)nc2-c2ccc(OC)nc2)cc1.CS(=O)(=O)O. The normalized spacial score (nSPS) is 10.8. The lowest BCUT2D eigenvalue weighted by Crippen LogP contribution is -1.89. The van der Waals surface area contributed by atoms with Gasteiger partial charge in [-0.15, -0.1) is 11.8 Å². The van der Waals surface area contributed by atoms with Crippen molar-refractivity contribution < 1.29 is 26.9 Å². The molecule has 3 heterocycles. The van der Waals surface area contributed by atoms with E-state index in [1.165, 1.54) is 0 Å². The molecule has 0 aliphatic heterocycles. The molecule has 4 aromatic rings. The Bertz CT molecular complexity index is 1220. The van der Waals surface area contributed by atoms with Crippen LogP contribution >= 0.6 is 11.8 Å². The van der Waals surface area contributed by atoms with Crippen LogP contribution in [0, 0.1) is 0 Å². The highest BCUT2D eigenvalue weighted by atomic mass is 32.2. The lowest BCUT2D eigenvalue weighted by molar-refractivity contribution is 0.398. The standard InChI is InChI=1S/C22H19N3O3S.CH4O3S/c1-26-17-6-3-15(4-7-17)22-21(16-5-8-19(27-2)24-13-16)25-20(28-22)14-29-18-9-11-23-12-10-18;1-5(2,3)4/h3-13H,14H2,1-2H3;1H3,(H,2,3,4). The van der Waals surface area contributed by atoms with Gasteiger partial charge in [0.1, 0.15) is 11.4 Å². The molecule has 11 heteroatoms. The zero-order chi connectivity index (χ0) is 24.6. The monoisotopic (exact) mass is 501 g/mol. The molecule has 0 bridgehead atoms. The Hall–Kier alpha value is -3.41. The van der Waals surface area contributed by atoms with Crippen molar-refractivity contribution in [1.82, 2.24) is 15.0 Å². The molecule has 0 amide bonds. The Balaban J connectivity index is 0.000000588. The summed E-state index contributed by atoms with van der Waals surface area (Å²) in [7, 11) is -0.429. The first-order chi connectivity index (χ1) is 16.3. The topological polar surface area (TPSA) is 125 Å². The molecule has 0 spiro atoms. The number of nitrogens with zero attached hydrogens (tertiary/aromatic N) is 3. The second-order valence-electron chi connectivity index (χ2n) is 6.81. The Morgan fingerprint density at radius 2 is 1.62 bits per heavy atom. The van der Waals surface area contributed by atoms with Crippen LogP contribution in [0.3, 0.4) is 0 Å². The smallest absolute Gasteiger partial charge is 0.261 e. The number of thioether (sulfide) groups is 1. The Kier molecular flexibility index (Phi) is 8.63. The lowest BCUT2D eigenvalue weighted by Gasteiger charge is -2.04. The van der Waals surface area contributed by atoms with Crippen molar-refractivity contribution in [2.45, 2.75) is 10.6 Å². The van der Waals surface area contributed by atoms with Crippen LogP contribution in [0.25, 0.3) is 22.6 Å². The average molecular weight is 502 g/mol. The molecule has 0 unspecified atom stereocenters. The van der Waals surface area contributed by atoms with Crippen LogP contribution in [0.1, 0.15) is 5.89 Å². The molecule has 0 saturated carbocycles. The van der Waals surface area contributed by atoms with Crippen LogP contribution in [0.5, 0.6) is 11.6 Å². The molecule has 1 N–H and O–H groups in total. The second-order valence-corrected chi connectivity index (χ2v) is 9.32. The maximum atomic E-state index is 9.19. The fourth-order valence-electron chi connectivity index (χ4n) is 2.78. The van der Waals surface area contributed by atoms with E-state index in [1.54, 1.807) is 44.6 Å². The zero-order valence-corrected chi connectivity index (χ0v) is 20.3. The first-order valence-corrected chi connectivity index (χ1v) is 12.7. The van der Waals surface area contributed by atoms with Gasteiger partial charge in [0.05, 0.1) is 26.2 Å². The van der Waals surface area contributed by atoms with Gasteiger partial charge in [0.2, 0.25) is 11.8 Å². The maximum absolute atomic E-state index is 9.19. The molecule has 4 rings (SSSR count). The number of benzene rings is 1. The average Bonchev–Trinajstić information content (AvgIpc) is 3.27. The van der Waals surface area contributed by atoms with Gasteiger partial charge in [-0.3, -0.25) is 9.54 Å². The van der Waals surface area contributed by atoms with Gasteiger partial charge in [-0.05, 0) is 42.5 Å². The van der Waals surface area contributed by atoms with E-state index >= 15 is 0 Å². The quantitative estimate of drug-likeness (QED) is 0.283. The summed E-state index contributed by atoms with van der Waals surface area (Å²) < 4.78 is 42.4. The van der Waals surface area contributed by atoms with E-state index in [9.17, 15) is 8.42 Å². The molecule has 1 aromatic carbocycles. The highest BCUT2D eigenvalue weighted by Gasteiger charge is 2.18. The Morgan fingerprint density at radius 1 is 0.971 bits per heavy atom. The Morgan fingerprint density at radius 3 is 2.18 bits per heavy atom. The van der Waals surface area contributed by atoms with Crippen molar-refractivity contribution in [3.05, 3.63) is 73.0 Å². The van der Waals surface area contributed by atoms with Crippen LogP contribution < -0.4 is 9.47 Å². The van der Waals surface area contributed by atoms with Gasteiger partial charge < -0.3 is 13.9 Å². The number of oxazole rings is 1. The first kappa shape index (κ1) is 25.2. The van der Waals surface area contributed by atoms with Crippen molar-refractivity contribution >= 4 is 21.9 Å². The molecule has 34 heavy (non-hydrogen) atoms. The van der Waals surface area contributed by atoms with Crippen LogP contribution in [0.4, 0.5) is 0 Å². The van der Waals surface area contributed by atoms with Crippen molar-refractivity contribution in [3.63, 3.8) is 0 Å². The Labute approximate surface area is 202 Å².